The van der Waals surface area contributed by atoms with E-state index in [1.54, 1.807) is 20.8 Å². The lowest BCUT2D eigenvalue weighted by atomic mass is 9.85. The zero-order valence-electron chi connectivity index (χ0n) is 33.5. The van der Waals surface area contributed by atoms with Crippen molar-refractivity contribution < 1.29 is 50.3 Å². The highest BCUT2D eigenvalue weighted by atomic mass is 35.5. The minimum absolute atomic E-state index is 0.160. The predicted octanol–water partition coefficient (Wildman–Crippen LogP) is 7.50. The number of sulfonamides is 1. The van der Waals surface area contributed by atoms with E-state index in [0.29, 0.717) is 38.2 Å². The van der Waals surface area contributed by atoms with Crippen LogP contribution in [0.1, 0.15) is 110 Å². The molecule has 0 aromatic heterocycles. The summed E-state index contributed by atoms with van der Waals surface area (Å²) in [7, 11) is -3.83. The summed E-state index contributed by atoms with van der Waals surface area (Å²) in [5.41, 5.74) is -1.59. The molecule has 17 heteroatoms. The minimum Gasteiger partial charge on any atom is -0.481 e. The van der Waals surface area contributed by atoms with Gasteiger partial charge in [-0.1, -0.05) is 78.6 Å². The number of rotatable bonds is 13. The number of benzene rings is 2. The van der Waals surface area contributed by atoms with Gasteiger partial charge in [0.05, 0.1) is 10.8 Å². The van der Waals surface area contributed by atoms with Crippen LogP contribution in [0.4, 0.5) is 23.2 Å². The standard InChI is InChI=1S/C27H36F4N4O5S.C11H13ClO2.C2H6/c1-5-15-14-26(15,24(38)34-41(39,40)19-8-9-19)33-22(36)20-7-6-10-35(20)23(37)21(25(2,3)4)32-18-12-16(27(29,30)31)11-17(28)13-18;1-2-9-8(6-7-11(13)14)4-3-5-10(9)12;1-2/h11-13,15,19-21,32H,5-10,14H2,1-4H3,(H,33,36)(H,34,38);3-5H,2,6-7H2,1H3,(H,13,14);1-2H3. The van der Waals surface area contributed by atoms with Gasteiger partial charge in [0.1, 0.15) is 23.4 Å². The Kier molecular flexibility index (Phi) is 16.0. The van der Waals surface area contributed by atoms with Crippen molar-refractivity contribution in [3.8, 4) is 0 Å². The first-order valence-electron chi connectivity index (χ1n) is 19.3. The topological polar surface area (TPSA) is 162 Å². The van der Waals surface area contributed by atoms with E-state index in [-0.39, 0.29) is 37.4 Å². The lowest BCUT2D eigenvalue weighted by molar-refractivity contribution is -0.141. The molecule has 1 heterocycles. The fourth-order valence-electron chi connectivity index (χ4n) is 6.89. The van der Waals surface area contributed by atoms with Crippen LogP contribution in [0.25, 0.3) is 0 Å². The van der Waals surface area contributed by atoms with Gasteiger partial charge in [-0.3, -0.25) is 23.9 Å². The van der Waals surface area contributed by atoms with Crippen molar-refractivity contribution in [2.24, 2.45) is 11.3 Å². The summed E-state index contributed by atoms with van der Waals surface area (Å²) in [4.78, 5) is 52.1. The number of carbonyl (C=O) groups is 4. The first kappa shape index (κ1) is 47.5. The SMILES string of the molecule is CC.CCC1CC1(NC(=O)C1CCCN1C(=O)C(Nc1cc(F)cc(C(F)(F)F)c1)C(C)(C)C)C(=O)NS(=O)(=O)C1CC1.CCc1c(Cl)cccc1CCC(=O)O. The van der Waals surface area contributed by atoms with E-state index < -0.39 is 79.6 Å². The molecule has 4 unspecified atom stereocenters. The van der Waals surface area contributed by atoms with Crippen molar-refractivity contribution in [1.29, 1.82) is 0 Å². The molecule has 2 aliphatic carbocycles. The number of carboxylic acid groups (broad SMARTS) is 1. The molecule has 1 aliphatic heterocycles. The lowest BCUT2D eigenvalue weighted by Crippen LogP contribution is -2.58. The molecule has 5 rings (SSSR count). The third kappa shape index (κ3) is 12.3. The van der Waals surface area contributed by atoms with Gasteiger partial charge in [0.2, 0.25) is 21.8 Å². The first-order valence-corrected chi connectivity index (χ1v) is 21.3. The number of likely N-dealkylation sites (tertiary alicyclic amines) is 1. The van der Waals surface area contributed by atoms with Gasteiger partial charge in [-0.2, -0.15) is 13.2 Å². The molecular formula is C40H55ClF4N4O7S. The van der Waals surface area contributed by atoms with Crippen LogP contribution in [0.2, 0.25) is 5.02 Å². The zero-order chi connectivity index (χ0) is 43.1. The van der Waals surface area contributed by atoms with Crippen LogP contribution in [-0.2, 0) is 48.2 Å². The molecule has 3 amide bonds. The number of halogens is 5. The number of hydrogen-bond acceptors (Lipinski definition) is 7. The normalized spacial score (nSPS) is 20.9. The number of nitrogens with one attached hydrogen (secondary N) is 3. The van der Waals surface area contributed by atoms with Crippen molar-refractivity contribution in [3.63, 3.8) is 0 Å². The maximum atomic E-state index is 14.1. The zero-order valence-corrected chi connectivity index (χ0v) is 35.1. The van der Waals surface area contributed by atoms with Crippen LogP contribution in [0.5, 0.6) is 0 Å². The summed E-state index contributed by atoms with van der Waals surface area (Å²) >= 11 is 6.00. The van der Waals surface area contributed by atoms with Crippen molar-refractivity contribution in [3.05, 3.63) is 63.9 Å². The molecule has 3 fully saturated rings. The third-order valence-electron chi connectivity index (χ3n) is 10.2. The number of hydrogen-bond donors (Lipinski definition) is 4. The average molecular weight is 847 g/mol. The molecule has 4 atom stereocenters. The third-order valence-corrected chi connectivity index (χ3v) is 12.4. The average Bonchev–Trinajstić information content (AvgIpc) is 4.05. The quantitative estimate of drug-likeness (QED) is 0.151. The number of carbonyl (C=O) groups excluding carboxylic acids is 3. The number of nitrogens with zero attached hydrogens (tertiary/aromatic N) is 1. The Labute approximate surface area is 337 Å². The van der Waals surface area contributed by atoms with Gasteiger partial charge >= 0.3 is 12.1 Å². The number of aryl methyl sites for hydroxylation is 1. The molecule has 0 spiro atoms. The Hall–Kier alpha value is -3.92. The van der Waals surface area contributed by atoms with Gasteiger partial charge < -0.3 is 20.6 Å². The van der Waals surface area contributed by atoms with Crippen LogP contribution in [0.3, 0.4) is 0 Å². The van der Waals surface area contributed by atoms with Gasteiger partial charge in [0.25, 0.3) is 5.91 Å². The van der Waals surface area contributed by atoms with Gasteiger partial charge in [0.15, 0.2) is 0 Å². The van der Waals surface area contributed by atoms with Gasteiger partial charge in [-0.05, 0) is 91.7 Å². The second-order valence-electron chi connectivity index (χ2n) is 15.4. The molecule has 0 radical (unpaired) electrons. The highest BCUT2D eigenvalue weighted by Crippen LogP contribution is 2.47. The van der Waals surface area contributed by atoms with Crippen molar-refractivity contribution >= 4 is 51.0 Å². The Bertz CT molecular complexity index is 1890. The van der Waals surface area contributed by atoms with E-state index in [0.717, 1.165) is 34.7 Å². The van der Waals surface area contributed by atoms with Crippen molar-refractivity contribution in [2.45, 2.75) is 135 Å². The highest BCUT2D eigenvalue weighted by Gasteiger charge is 2.62. The molecule has 318 valence electrons. The Morgan fingerprint density at radius 2 is 1.68 bits per heavy atom. The molecule has 2 aromatic carbocycles. The van der Waals surface area contributed by atoms with E-state index in [4.69, 9.17) is 16.7 Å². The molecule has 2 aromatic rings. The van der Waals surface area contributed by atoms with Crippen LogP contribution >= 0.6 is 11.6 Å². The van der Waals surface area contributed by atoms with Gasteiger partial charge in [-0.15, -0.1) is 0 Å². The Morgan fingerprint density at radius 3 is 2.21 bits per heavy atom. The van der Waals surface area contributed by atoms with E-state index in [1.165, 1.54) is 4.90 Å². The molecule has 11 nitrogen and oxygen atoms in total. The van der Waals surface area contributed by atoms with Crippen LogP contribution in [0, 0.1) is 17.2 Å². The summed E-state index contributed by atoms with van der Waals surface area (Å²) in [6, 6.07) is 5.49. The number of anilines is 1. The summed E-state index contributed by atoms with van der Waals surface area (Å²) in [6.07, 6.45) is -0.780. The molecule has 1 saturated heterocycles. The van der Waals surface area contributed by atoms with Crippen LogP contribution in [-0.4, -0.2) is 71.5 Å². The monoisotopic (exact) mass is 846 g/mol. The number of alkyl halides is 3. The van der Waals surface area contributed by atoms with E-state index in [9.17, 15) is 45.2 Å². The maximum Gasteiger partial charge on any atom is 0.416 e. The largest absolute Gasteiger partial charge is 0.481 e. The molecular weight excluding hydrogens is 792 g/mol. The van der Waals surface area contributed by atoms with Crippen molar-refractivity contribution in [2.75, 3.05) is 11.9 Å². The lowest BCUT2D eigenvalue weighted by Gasteiger charge is -2.36. The van der Waals surface area contributed by atoms with Gasteiger partial charge in [-0.25, -0.2) is 12.8 Å². The predicted molar refractivity (Wildman–Crippen MR) is 210 cm³/mol. The molecule has 2 saturated carbocycles. The summed E-state index contributed by atoms with van der Waals surface area (Å²) < 4.78 is 80.8. The molecule has 4 N–H and O–H groups in total. The van der Waals surface area contributed by atoms with E-state index >= 15 is 0 Å². The van der Waals surface area contributed by atoms with Crippen LogP contribution < -0.4 is 15.4 Å². The number of amides is 3. The summed E-state index contributed by atoms with van der Waals surface area (Å²) in [5, 5.41) is 14.2. The van der Waals surface area contributed by atoms with E-state index in [2.05, 4.69) is 15.4 Å². The summed E-state index contributed by atoms with van der Waals surface area (Å²) in [5.74, 6) is -4.13. The molecule has 57 heavy (non-hydrogen) atoms. The fraction of sp³-hybridized carbons (Fsp3) is 0.600. The molecule has 0 bridgehead atoms. The fourth-order valence-corrected chi connectivity index (χ4v) is 8.58. The van der Waals surface area contributed by atoms with Crippen LogP contribution in [0.15, 0.2) is 36.4 Å². The molecule has 3 aliphatic rings. The van der Waals surface area contributed by atoms with E-state index in [1.807, 2.05) is 45.9 Å². The summed E-state index contributed by atoms with van der Waals surface area (Å²) in [6.45, 7) is 13.1. The van der Waals surface area contributed by atoms with Crippen molar-refractivity contribution in [1.82, 2.24) is 14.9 Å². The number of aliphatic carboxylic acids is 1. The second kappa shape index (κ2) is 19.2. The smallest absolute Gasteiger partial charge is 0.416 e. The number of carboxylic acids is 1. The second-order valence-corrected chi connectivity index (χ2v) is 17.8. The highest BCUT2D eigenvalue weighted by molar-refractivity contribution is 7.91. The minimum atomic E-state index is -4.79. The Morgan fingerprint density at radius 1 is 1.04 bits per heavy atom. The Balaban J connectivity index is 0.000000456. The first-order chi connectivity index (χ1) is 26.5. The van der Waals surface area contributed by atoms with Gasteiger partial charge in [0, 0.05) is 23.7 Å². The maximum absolute atomic E-state index is 14.1.